The summed E-state index contributed by atoms with van der Waals surface area (Å²) < 4.78 is 2.07. The minimum Gasteiger partial charge on any atom is -0.297 e. The zero-order chi connectivity index (χ0) is 15.1. The highest BCUT2D eigenvalue weighted by molar-refractivity contribution is 7.15. The number of aryl methyl sites for hydroxylation is 2. The Bertz CT molecular complexity index is 917. The SMILES string of the molecule is Cc1ccc(-c2ccc(-c3cn4ccsc4n3)cc2)cc1C. The summed E-state index contributed by atoms with van der Waals surface area (Å²) in [5.74, 6) is 0. The second-order valence-electron chi connectivity index (χ2n) is 5.60. The van der Waals surface area contributed by atoms with Gasteiger partial charge in [0.15, 0.2) is 4.96 Å². The minimum absolute atomic E-state index is 1.03. The molecule has 4 rings (SSSR count). The van der Waals surface area contributed by atoms with Gasteiger partial charge >= 0.3 is 0 Å². The third-order valence-electron chi connectivity index (χ3n) is 4.11. The number of nitrogens with zero attached hydrogens (tertiary/aromatic N) is 2. The van der Waals surface area contributed by atoms with Gasteiger partial charge in [-0.3, -0.25) is 4.40 Å². The van der Waals surface area contributed by atoms with Gasteiger partial charge in [-0.2, -0.15) is 0 Å². The molecule has 0 spiro atoms. The lowest BCUT2D eigenvalue weighted by atomic mass is 9.99. The van der Waals surface area contributed by atoms with Crippen molar-refractivity contribution in [2.24, 2.45) is 0 Å². The molecule has 0 bridgehead atoms. The van der Waals surface area contributed by atoms with Crippen LogP contribution < -0.4 is 0 Å². The standard InChI is InChI=1S/C19H16N2S/c1-13-3-4-17(11-14(13)2)15-5-7-16(8-6-15)18-12-21-9-10-22-19(21)20-18/h3-12H,1-2H3. The summed E-state index contributed by atoms with van der Waals surface area (Å²) >= 11 is 1.66. The van der Waals surface area contributed by atoms with Crippen LogP contribution in [0.15, 0.2) is 60.2 Å². The van der Waals surface area contributed by atoms with Crippen LogP contribution in [0.4, 0.5) is 0 Å². The molecule has 4 aromatic rings. The average molecular weight is 304 g/mol. The first-order chi connectivity index (χ1) is 10.7. The Balaban J connectivity index is 1.70. The fourth-order valence-corrected chi connectivity index (χ4v) is 3.32. The predicted molar refractivity (Wildman–Crippen MR) is 93.4 cm³/mol. The normalized spacial score (nSPS) is 11.2. The number of hydrogen-bond acceptors (Lipinski definition) is 2. The number of hydrogen-bond donors (Lipinski definition) is 0. The molecule has 3 heteroatoms. The topological polar surface area (TPSA) is 17.3 Å². The third-order valence-corrected chi connectivity index (χ3v) is 4.88. The average Bonchev–Trinajstić information content (AvgIpc) is 3.12. The predicted octanol–water partition coefficient (Wildman–Crippen LogP) is 5.35. The molecule has 0 aliphatic rings. The zero-order valence-corrected chi connectivity index (χ0v) is 13.4. The molecule has 0 unspecified atom stereocenters. The Morgan fingerprint density at radius 3 is 2.32 bits per heavy atom. The molecule has 0 aliphatic carbocycles. The summed E-state index contributed by atoms with van der Waals surface area (Å²) in [7, 11) is 0. The Labute approximate surface area is 133 Å². The quantitative estimate of drug-likeness (QED) is 0.488. The van der Waals surface area contributed by atoms with Gasteiger partial charge in [0.1, 0.15) is 0 Å². The highest BCUT2D eigenvalue weighted by atomic mass is 32.1. The van der Waals surface area contributed by atoms with Crippen LogP contribution in [0.3, 0.4) is 0 Å². The van der Waals surface area contributed by atoms with Crippen molar-refractivity contribution in [2.75, 3.05) is 0 Å². The van der Waals surface area contributed by atoms with E-state index < -0.39 is 0 Å². The molecular formula is C19H16N2S. The van der Waals surface area contributed by atoms with E-state index >= 15 is 0 Å². The third kappa shape index (κ3) is 2.24. The summed E-state index contributed by atoms with van der Waals surface area (Å²) in [4.78, 5) is 5.69. The summed E-state index contributed by atoms with van der Waals surface area (Å²) in [6, 6.07) is 15.3. The molecule has 0 radical (unpaired) electrons. The van der Waals surface area contributed by atoms with Crippen LogP contribution in [-0.4, -0.2) is 9.38 Å². The number of imidazole rings is 1. The van der Waals surface area contributed by atoms with Crippen molar-refractivity contribution in [3.05, 3.63) is 71.4 Å². The number of fused-ring (bicyclic) bond motifs is 1. The van der Waals surface area contributed by atoms with E-state index in [9.17, 15) is 0 Å². The monoisotopic (exact) mass is 304 g/mol. The van der Waals surface area contributed by atoms with Gasteiger partial charge in [-0.1, -0.05) is 42.5 Å². The minimum atomic E-state index is 1.03. The van der Waals surface area contributed by atoms with E-state index in [1.807, 2.05) is 6.20 Å². The molecule has 2 nitrogen and oxygen atoms in total. The molecule has 0 saturated carbocycles. The number of rotatable bonds is 2. The van der Waals surface area contributed by atoms with Gasteiger partial charge < -0.3 is 0 Å². The van der Waals surface area contributed by atoms with E-state index in [4.69, 9.17) is 0 Å². The van der Waals surface area contributed by atoms with Crippen molar-refractivity contribution < 1.29 is 0 Å². The molecule has 0 amide bonds. The van der Waals surface area contributed by atoms with Crippen molar-refractivity contribution in [3.8, 4) is 22.4 Å². The Hall–Kier alpha value is -2.39. The van der Waals surface area contributed by atoms with Gasteiger partial charge in [0.05, 0.1) is 5.69 Å². The molecule has 0 atom stereocenters. The largest absolute Gasteiger partial charge is 0.297 e. The highest BCUT2D eigenvalue weighted by Crippen LogP contribution is 2.26. The lowest BCUT2D eigenvalue weighted by Crippen LogP contribution is -1.84. The van der Waals surface area contributed by atoms with Crippen LogP contribution in [0, 0.1) is 13.8 Å². The number of thiazole rings is 1. The van der Waals surface area contributed by atoms with Crippen LogP contribution in [0.5, 0.6) is 0 Å². The second kappa shape index (κ2) is 5.11. The van der Waals surface area contributed by atoms with E-state index in [1.165, 1.54) is 22.3 Å². The molecule has 2 aromatic carbocycles. The molecule has 0 fully saturated rings. The maximum Gasteiger partial charge on any atom is 0.194 e. The molecule has 22 heavy (non-hydrogen) atoms. The van der Waals surface area contributed by atoms with Crippen molar-refractivity contribution in [3.63, 3.8) is 0 Å². The van der Waals surface area contributed by atoms with Crippen LogP contribution in [0.1, 0.15) is 11.1 Å². The summed E-state index contributed by atoms with van der Waals surface area (Å²) in [6.07, 6.45) is 4.12. The summed E-state index contributed by atoms with van der Waals surface area (Å²) in [5, 5.41) is 2.05. The van der Waals surface area contributed by atoms with Crippen LogP contribution in [0.25, 0.3) is 27.3 Å². The Kier molecular flexibility index (Phi) is 3.09. The van der Waals surface area contributed by atoms with E-state index in [1.54, 1.807) is 11.3 Å². The number of aromatic nitrogens is 2. The van der Waals surface area contributed by atoms with Gasteiger partial charge in [0, 0.05) is 23.3 Å². The fraction of sp³-hybridized carbons (Fsp3) is 0.105. The molecular weight excluding hydrogens is 288 g/mol. The van der Waals surface area contributed by atoms with E-state index in [0.29, 0.717) is 0 Å². The van der Waals surface area contributed by atoms with Gasteiger partial charge in [0.2, 0.25) is 0 Å². The number of benzene rings is 2. The Morgan fingerprint density at radius 1 is 0.864 bits per heavy atom. The first-order valence-electron chi connectivity index (χ1n) is 7.31. The van der Waals surface area contributed by atoms with Gasteiger partial charge in [-0.15, -0.1) is 11.3 Å². The maximum absolute atomic E-state index is 4.65. The first kappa shape index (κ1) is 13.3. The zero-order valence-electron chi connectivity index (χ0n) is 12.6. The molecule has 2 aromatic heterocycles. The lowest BCUT2D eigenvalue weighted by Gasteiger charge is -2.06. The van der Waals surface area contributed by atoms with E-state index in [2.05, 4.69) is 77.3 Å². The van der Waals surface area contributed by atoms with Crippen LogP contribution in [0.2, 0.25) is 0 Å². The first-order valence-corrected chi connectivity index (χ1v) is 8.19. The van der Waals surface area contributed by atoms with Gasteiger partial charge in [-0.05, 0) is 36.1 Å². The molecule has 2 heterocycles. The van der Waals surface area contributed by atoms with Crippen molar-refractivity contribution in [1.29, 1.82) is 0 Å². The maximum atomic E-state index is 4.65. The Morgan fingerprint density at radius 2 is 1.59 bits per heavy atom. The van der Waals surface area contributed by atoms with E-state index in [-0.39, 0.29) is 0 Å². The second-order valence-corrected chi connectivity index (χ2v) is 6.47. The van der Waals surface area contributed by atoms with Crippen molar-refractivity contribution in [1.82, 2.24) is 9.38 Å². The molecule has 0 aliphatic heterocycles. The van der Waals surface area contributed by atoms with Crippen LogP contribution in [-0.2, 0) is 0 Å². The van der Waals surface area contributed by atoms with Crippen molar-refractivity contribution >= 4 is 16.3 Å². The van der Waals surface area contributed by atoms with Crippen LogP contribution >= 0.6 is 11.3 Å². The molecule has 0 N–H and O–H groups in total. The molecule has 0 saturated heterocycles. The molecule has 108 valence electrons. The van der Waals surface area contributed by atoms with E-state index in [0.717, 1.165) is 16.2 Å². The fourth-order valence-electron chi connectivity index (χ4n) is 2.62. The smallest absolute Gasteiger partial charge is 0.194 e. The van der Waals surface area contributed by atoms with Gasteiger partial charge in [0.25, 0.3) is 0 Å². The lowest BCUT2D eigenvalue weighted by molar-refractivity contribution is 1.23. The van der Waals surface area contributed by atoms with Crippen molar-refractivity contribution in [2.45, 2.75) is 13.8 Å². The summed E-state index contributed by atoms with van der Waals surface area (Å²) in [6.45, 7) is 4.30. The summed E-state index contributed by atoms with van der Waals surface area (Å²) in [5.41, 5.74) is 7.35. The van der Waals surface area contributed by atoms with Gasteiger partial charge in [-0.25, -0.2) is 4.98 Å². The highest BCUT2D eigenvalue weighted by Gasteiger charge is 2.06.